The predicted octanol–water partition coefficient (Wildman–Crippen LogP) is 3.54. The van der Waals surface area contributed by atoms with Crippen LogP contribution < -0.4 is 14.8 Å². The van der Waals surface area contributed by atoms with Crippen LogP contribution >= 0.6 is 0 Å². The van der Waals surface area contributed by atoms with Gasteiger partial charge in [-0.05, 0) is 40.6 Å². The first-order chi connectivity index (χ1) is 11.8. The van der Waals surface area contributed by atoms with Crippen LogP contribution in [0.5, 0.6) is 11.5 Å². The zero-order chi connectivity index (χ0) is 16.4. The van der Waals surface area contributed by atoms with Crippen LogP contribution in [0.4, 0.5) is 0 Å². The lowest BCUT2D eigenvalue weighted by molar-refractivity contribution is 0.0951. The second kappa shape index (κ2) is 6.24. The molecule has 0 radical (unpaired) electrons. The first kappa shape index (κ1) is 14.6. The minimum atomic E-state index is -0.0874. The Morgan fingerprint density at radius 1 is 0.875 bits per heavy atom. The quantitative estimate of drug-likeness (QED) is 0.803. The maximum atomic E-state index is 12.4. The van der Waals surface area contributed by atoms with Crippen molar-refractivity contribution in [3.05, 3.63) is 71.8 Å². The monoisotopic (exact) mass is 319 g/mol. The van der Waals surface area contributed by atoms with Gasteiger partial charge in [0, 0.05) is 12.1 Å². The topological polar surface area (TPSA) is 47.6 Å². The average Bonchev–Trinajstić information content (AvgIpc) is 2.65. The average molecular weight is 319 g/mol. The molecular weight excluding hydrogens is 302 g/mol. The number of carbonyl (C=O) groups excluding carboxylic acids is 1. The number of hydrogen-bond acceptors (Lipinski definition) is 3. The summed E-state index contributed by atoms with van der Waals surface area (Å²) in [5, 5.41) is 5.14. The molecule has 0 unspecified atom stereocenters. The number of amides is 1. The van der Waals surface area contributed by atoms with Crippen LogP contribution in [0, 0.1) is 0 Å². The van der Waals surface area contributed by atoms with E-state index in [-0.39, 0.29) is 5.91 Å². The number of benzene rings is 3. The summed E-state index contributed by atoms with van der Waals surface area (Å²) in [5.74, 6) is 1.40. The summed E-state index contributed by atoms with van der Waals surface area (Å²) in [5.41, 5.74) is 1.64. The van der Waals surface area contributed by atoms with E-state index in [0.717, 1.165) is 27.8 Å². The van der Waals surface area contributed by atoms with E-state index in [4.69, 9.17) is 9.47 Å². The highest BCUT2D eigenvalue weighted by Gasteiger charge is 2.12. The molecule has 24 heavy (non-hydrogen) atoms. The largest absolute Gasteiger partial charge is 0.486 e. The van der Waals surface area contributed by atoms with E-state index in [2.05, 4.69) is 5.32 Å². The number of hydrogen-bond donors (Lipinski definition) is 1. The lowest BCUT2D eigenvalue weighted by Gasteiger charge is -2.19. The molecule has 0 spiro atoms. The van der Waals surface area contributed by atoms with Crippen molar-refractivity contribution < 1.29 is 14.3 Å². The van der Waals surface area contributed by atoms with Crippen LogP contribution in [0.2, 0.25) is 0 Å². The van der Waals surface area contributed by atoms with Crippen molar-refractivity contribution in [3.63, 3.8) is 0 Å². The Kier molecular flexibility index (Phi) is 3.79. The fraction of sp³-hybridized carbons (Fsp3) is 0.150. The summed E-state index contributed by atoms with van der Waals surface area (Å²) in [6, 6.07) is 19.5. The van der Waals surface area contributed by atoms with Crippen LogP contribution in [0.15, 0.2) is 60.7 Å². The standard InChI is InChI=1S/C20H17NO3/c22-20(17-7-6-15-3-1-2-4-16(15)12-17)21-13-14-5-8-18-19(11-14)24-10-9-23-18/h1-8,11-12H,9-10,13H2,(H,21,22). The molecule has 1 N–H and O–H groups in total. The molecule has 1 aliphatic heterocycles. The summed E-state index contributed by atoms with van der Waals surface area (Å²) >= 11 is 0. The number of carbonyl (C=O) groups is 1. The third kappa shape index (κ3) is 2.91. The number of nitrogens with one attached hydrogen (secondary N) is 1. The molecule has 4 heteroatoms. The van der Waals surface area contributed by atoms with Crippen molar-refractivity contribution in [1.82, 2.24) is 5.32 Å². The fourth-order valence-corrected chi connectivity index (χ4v) is 2.81. The smallest absolute Gasteiger partial charge is 0.251 e. The maximum Gasteiger partial charge on any atom is 0.251 e. The highest BCUT2D eigenvalue weighted by atomic mass is 16.6. The molecule has 1 amide bonds. The van der Waals surface area contributed by atoms with Gasteiger partial charge >= 0.3 is 0 Å². The van der Waals surface area contributed by atoms with E-state index >= 15 is 0 Å². The van der Waals surface area contributed by atoms with Crippen molar-refractivity contribution in [2.45, 2.75) is 6.54 Å². The molecule has 4 rings (SSSR count). The third-order valence-corrected chi connectivity index (χ3v) is 4.07. The van der Waals surface area contributed by atoms with Gasteiger partial charge in [-0.1, -0.05) is 36.4 Å². The zero-order valence-corrected chi connectivity index (χ0v) is 13.1. The van der Waals surface area contributed by atoms with E-state index < -0.39 is 0 Å². The molecule has 1 heterocycles. The minimum absolute atomic E-state index is 0.0874. The van der Waals surface area contributed by atoms with Crippen LogP contribution in [0.1, 0.15) is 15.9 Å². The molecule has 0 saturated heterocycles. The lowest BCUT2D eigenvalue weighted by Crippen LogP contribution is -2.23. The van der Waals surface area contributed by atoms with E-state index in [1.54, 1.807) is 0 Å². The third-order valence-electron chi connectivity index (χ3n) is 4.07. The molecule has 0 saturated carbocycles. The summed E-state index contributed by atoms with van der Waals surface area (Å²) in [4.78, 5) is 12.4. The van der Waals surface area contributed by atoms with Crippen molar-refractivity contribution in [3.8, 4) is 11.5 Å². The second-order valence-corrected chi connectivity index (χ2v) is 5.72. The van der Waals surface area contributed by atoms with Gasteiger partial charge in [0.05, 0.1) is 0 Å². The van der Waals surface area contributed by atoms with Gasteiger partial charge in [-0.15, -0.1) is 0 Å². The van der Waals surface area contributed by atoms with Crippen molar-refractivity contribution in [2.24, 2.45) is 0 Å². The van der Waals surface area contributed by atoms with Crippen LogP contribution in [0.3, 0.4) is 0 Å². The summed E-state index contributed by atoms with van der Waals surface area (Å²) in [6.45, 7) is 1.58. The van der Waals surface area contributed by atoms with E-state index in [0.29, 0.717) is 25.3 Å². The fourth-order valence-electron chi connectivity index (χ4n) is 2.81. The van der Waals surface area contributed by atoms with Gasteiger partial charge < -0.3 is 14.8 Å². The Bertz CT molecular complexity index is 904. The molecule has 0 fully saturated rings. The minimum Gasteiger partial charge on any atom is -0.486 e. The Balaban J connectivity index is 1.47. The number of rotatable bonds is 3. The maximum absolute atomic E-state index is 12.4. The Morgan fingerprint density at radius 3 is 2.54 bits per heavy atom. The van der Waals surface area contributed by atoms with E-state index in [1.165, 1.54) is 0 Å². The summed E-state index contributed by atoms with van der Waals surface area (Å²) in [6.07, 6.45) is 0. The highest BCUT2D eigenvalue weighted by Crippen LogP contribution is 2.30. The molecule has 0 atom stereocenters. The zero-order valence-electron chi connectivity index (χ0n) is 13.1. The van der Waals surface area contributed by atoms with Gasteiger partial charge in [0.25, 0.3) is 5.91 Å². The van der Waals surface area contributed by atoms with Gasteiger partial charge in [-0.3, -0.25) is 4.79 Å². The summed E-state index contributed by atoms with van der Waals surface area (Å²) in [7, 11) is 0. The SMILES string of the molecule is O=C(NCc1ccc2c(c1)OCCO2)c1ccc2ccccc2c1. The van der Waals surface area contributed by atoms with Gasteiger partial charge in [0.1, 0.15) is 13.2 Å². The second-order valence-electron chi connectivity index (χ2n) is 5.72. The molecule has 120 valence electrons. The number of fused-ring (bicyclic) bond motifs is 2. The predicted molar refractivity (Wildman–Crippen MR) is 92.6 cm³/mol. The van der Waals surface area contributed by atoms with Gasteiger partial charge in [-0.2, -0.15) is 0 Å². The van der Waals surface area contributed by atoms with Crippen molar-refractivity contribution in [1.29, 1.82) is 0 Å². The first-order valence-electron chi connectivity index (χ1n) is 7.95. The molecule has 3 aromatic rings. The molecule has 0 aromatic heterocycles. The summed E-state index contributed by atoms with van der Waals surface area (Å²) < 4.78 is 11.1. The Morgan fingerprint density at radius 2 is 1.67 bits per heavy atom. The van der Waals surface area contributed by atoms with Gasteiger partial charge in [-0.25, -0.2) is 0 Å². The molecule has 1 aliphatic rings. The van der Waals surface area contributed by atoms with Gasteiger partial charge in [0.15, 0.2) is 11.5 Å². The normalized spacial score (nSPS) is 12.8. The number of ether oxygens (including phenoxy) is 2. The highest BCUT2D eigenvalue weighted by molar-refractivity contribution is 5.98. The van der Waals surface area contributed by atoms with E-state index in [1.807, 2.05) is 60.7 Å². The van der Waals surface area contributed by atoms with Crippen molar-refractivity contribution in [2.75, 3.05) is 13.2 Å². The van der Waals surface area contributed by atoms with Crippen LogP contribution in [-0.4, -0.2) is 19.1 Å². The lowest BCUT2D eigenvalue weighted by atomic mass is 10.1. The Hall–Kier alpha value is -3.01. The Labute approximate surface area is 140 Å². The molecular formula is C20H17NO3. The molecule has 3 aromatic carbocycles. The van der Waals surface area contributed by atoms with E-state index in [9.17, 15) is 4.79 Å². The molecule has 0 bridgehead atoms. The van der Waals surface area contributed by atoms with Crippen LogP contribution in [0.25, 0.3) is 10.8 Å². The van der Waals surface area contributed by atoms with Crippen LogP contribution in [-0.2, 0) is 6.54 Å². The van der Waals surface area contributed by atoms with Gasteiger partial charge in [0.2, 0.25) is 0 Å². The van der Waals surface area contributed by atoms with Crippen molar-refractivity contribution >= 4 is 16.7 Å². The molecule has 4 nitrogen and oxygen atoms in total. The molecule has 0 aliphatic carbocycles. The first-order valence-corrected chi connectivity index (χ1v) is 7.95.